The lowest BCUT2D eigenvalue weighted by atomic mass is 10.1. The van der Waals surface area contributed by atoms with E-state index in [1.165, 1.54) is 4.90 Å². The third kappa shape index (κ3) is 6.44. The molecule has 0 saturated carbocycles. The Morgan fingerprint density at radius 1 is 1.29 bits per heavy atom. The lowest BCUT2D eigenvalue weighted by molar-refractivity contribution is -0.145. The number of carbonyl (C=O) groups is 3. The van der Waals surface area contributed by atoms with Crippen molar-refractivity contribution in [1.82, 2.24) is 15.1 Å². The third-order valence-electron chi connectivity index (χ3n) is 3.29. The van der Waals surface area contributed by atoms with Crippen molar-refractivity contribution in [2.45, 2.75) is 25.4 Å². The van der Waals surface area contributed by atoms with Crippen LogP contribution in [0.1, 0.15) is 19.3 Å². The number of amides is 3. The van der Waals surface area contributed by atoms with Crippen molar-refractivity contribution < 1.29 is 24.2 Å². The highest BCUT2D eigenvalue weighted by Gasteiger charge is 2.23. The van der Waals surface area contributed by atoms with Crippen LogP contribution in [0.5, 0.6) is 0 Å². The second-order valence-electron chi connectivity index (χ2n) is 5.16. The number of likely N-dealkylation sites (tertiary alicyclic amines) is 1. The summed E-state index contributed by atoms with van der Waals surface area (Å²) in [6.07, 6.45) is 1.41. The topological polar surface area (TPSA) is 99.2 Å². The molecule has 120 valence electrons. The fraction of sp³-hybridized carbons (Fsp3) is 0.769. The van der Waals surface area contributed by atoms with Crippen LogP contribution in [0.4, 0.5) is 4.79 Å². The highest BCUT2D eigenvalue weighted by Crippen LogP contribution is 2.13. The maximum atomic E-state index is 11.9. The first-order valence-electron chi connectivity index (χ1n) is 6.96. The summed E-state index contributed by atoms with van der Waals surface area (Å²) in [6, 6.07) is -0.196. The molecule has 0 spiro atoms. The van der Waals surface area contributed by atoms with Gasteiger partial charge >= 0.3 is 12.0 Å². The molecule has 8 heteroatoms. The molecule has 0 unspecified atom stereocenters. The molecular weight excluding hydrogens is 278 g/mol. The highest BCUT2D eigenvalue weighted by molar-refractivity contribution is 5.78. The van der Waals surface area contributed by atoms with E-state index < -0.39 is 5.97 Å². The Balaban J connectivity index is 2.19. The molecule has 0 aromatic heterocycles. The SMILES string of the molecule is CN(C)C(=O)CCNC(=O)N1CCC(OCC(=O)O)CC1. The number of hydrogen-bond donors (Lipinski definition) is 2. The van der Waals surface area contributed by atoms with Crippen LogP contribution >= 0.6 is 0 Å². The van der Waals surface area contributed by atoms with Crippen molar-refractivity contribution >= 4 is 17.9 Å². The number of carboxylic acids is 1. The minimum Gasteiger partial charge on any atom is -0.480 e. The molecule has 0 aromatic rings. The third-order valence-corrected chi connectivity index (χ3v) is 3.29. The Morgan fingerprint density at radius 3 is 2.43 bits per heavy atom. The van der Waals surface area contributed by atoms with E-state index >= 15 is 0 Å². The number of nitrogens with zero attached hydrogens (tertiary/aromatic N) is 2. The predicted octanol–water partition coefficient (Wildman–Crippen LogP) is -0.260. The van der Waals surface area contributed by atoms with Gasteiger partial charge in [0.2, 0.25) is 5.91 Å². The molecule has 0 aliphatic carbocycles. The zero-order valence-corrected chi connectivity index (χ0v) is 12.5. The normalized spacial score (nSPS) is 15.6. The first-order chi connectivity index (χ1) is 9.90. The van der Waals surface area contributed by atoms with Crippen LogP contribution in [-0.2, 0) is 14.3 Å². The van der Waals surface area contributed by atoms with E-state index in [2.05, 4.69) is 5.32 Å². The average Bonchev–Trinajstić information content (AvgIpc) is 2.45. The van der Waals surface area contributed by atoms with Crippen LogP contribution in [-0.4, -0.2) is 79.3 Å². The van der Waals surface area contributed by atoms with Gasteiger partial charge in [-0.15, -0.1) is 0 Å². The molecule has 1 aliphatic heterocycles. The van der Waals surface area contributed by atoms with Gasteiger partial charge in [-0.1, -0.05) is 0 Å². The number of ether oxygens (including phenoxy) is 1. The van der Waals surface area contributed by atoms with E-state index in [-0.39, 0.29) is 31.1 Å². The van der Waals surface area contributed by atoms with Gasteiger partial charge in [-0.05, 0) is 12.8 Å². The molecule has 1 fully saturated rings. The van der Waals surface area contributed by atoms with Crippen LogP contribution in [0.3, 0.4) is 0 Å². The first kappa shape index (κ1) is 17.2. The van der Waals surface area contributed by atoms with E-state index in [1.807, 2.05) is 0 Å². The fourth-order valence-corrected chi connectivity index (χ4v) is 2.03. The summed E-state index contributed by atoms with van der Waals surface area (Å²) >= 11 is 0. The monoisotopic (exact) mass is 301 g/mol. The molecule has 1 saturated heterocycles. The molecule has 3 amide bonds. The molecule has 21 heavy (non-hydrogen) atoms. The van der Waals surface area contributed by atoms with E-state index in [4.69, 9.17) is 9.84 Å². The highest BCUT2D eigenvalue weighted by atomic mass is 16.5. The largest absolute Gasteiger partial charge is 0.480 e. The van der Waals surface area contributed by atoms with E-state index in [0.29, 0.717) is 32.5 Å². The zero-order chi connectivity index (χ0) is 15.8. The number of carbonyl (C=O) groups excluding carboxylic acids is 2. The number of nitrogens with one attached hydrogen (secondary N) is 1. The average molecular weight is 301 g/mol. The summed E-state index contributed by atoms with van der Waals surface area (Å²) in [5, 5.41) is 11.2. The second-order valence-corrected chi connectivity index (χ2v) is 5.16. The van der Waals surface area contributed by atoms with Crippen LogP contribution in [0.2, 0.25) is 0 Å². The number of rotatable bonds is 6. The van der Waals surface area contributed by atoms with Gasteiger partial charge < -0.3 is 25.0 Å². The number of hydrogen-bond acceptors (Lipinski definition) is 4. The van der Waals surface area contributed by atoms with Crippen LogP contribution in [0, 0.1) is 0 Å². The van der Waals surface area contributed by atoms with Crippen molar-refractivity contribution in [1.29, 1.82) is 0 Å². The Kier molecular flexibility index (Phi) is 6.93. The predicted molar refractivity (Wildman–Crippen MR) is 74.9 cm³/mol. The van der Waals surface area contributed by atoms with Crippen LogP contribution < -0.4 is 5.32 Å². The number of piperidine rings is 1. The number of carboxylic acid groups (broad SMARTS) is 1. The van der Waals surface area contributed by atoms with Crippen LogP contribution in [0.15, 0.2) is 0 Å². The molecule has 1 heterocycles. The Hall–Kier alpha value is -1.83. The van der Waals surface area contributed by atoms with Crippen molar-refractivity contribution in [3.05, 3.63) is 0 Å². The Bertz CT molecular complexity index is 378. The van der Waals surface area contributed by atoms with Gasteiger partial charge in [0, 0.05) is 40.2 Å². The van der Waals surface area contributed by atoms with Gasteiger partial charge in [0.15, 0.2) is 0 Å². The second kappa shape index (κ2) is 8.46. The summed E-state index contributed by atoms with van der Waals surface area (Å²) in [5.41, 5.74) is 0. The van der Waals surface area contributed by atoms with Gasteiger partial charge in [-0.3, -0.25) is 4.79 Å². The molecule has 1 rings (SSSR count). The van der Waals surface area contributed by atoms with Gasteiger partial charge in [0.05, 0.1) is 6.10 Å². The standard InChI is InChI=1S/C13H23N3O5/c1-15(2)11(17)3-6-14-13(20)16-7-4-10(5-8-16)21-9-12(18)19/h10H,3-9H2,1-2H3,(H,14,20)(H,18,19). The summed E-state index contributed by atoms with van der Waals surface area (Å²) in [4.78, 5) is 36.8. The smallest absolute Gasteiger partial charge is 0.329 e. The molecule has 0 aromatic carbocycles. The van der Waals surface area contributed by atoms with Gasteiger partial charge in [-0.2, -0.15) is 0 Å². The molecule has 0 atom stereocenters. The molecule has 0 bridgehead atoms. The van der Waals surface area contributed by atoms with Gasteiger partial charge in [0.25, 0.3) is 0 Å². The quantitative estimate of drug-likeness (QED) is 0.704. The molecule has 2 N–H and O–H groups in total. The van der Waals surface area contributed by atoms with Crippen LogP contribution in [0.25, 0.3) is 0 Å². The van der Waals surface area contributed by atoms with Crippen molar-refractivity contribution in [3.63, 3.8) is 0 Å². The molecule has 8 nitrogen and oxygen atoms in total. The maximum absolute atomic E-state index is 11.9. The molecular formula is C13H23N3O5. The summed E-state index contributed by atoms with van der Waals surface area (Å²) in [6.45, 7) is 1.06. The van der Waals surface area contributed by atoms with Crippen molar-refractivity contribution in [2.24, 2.45) is 0 Å². The van der Waals surface area contributed by atoms with E-state index in [0.717, 1.165) is 0 Å². The first-order valence-corrected chi connectivity index (χ1v) is 6.96. The van der Waals surface area contributed by atoms with E-state index in [9.17, 15) is 14.4 Å². The number of aliphatic carboxylic acids is 1. The lowest BCUT2D eigenvalue weighted by Gasteiger charge is -2.31. The maximum Gasteiger partial charge on any atom is 0.329 e. The zero-order valence-electron chi connectivity index (χ0n) is 12.5. The Morgan fingerprint density at radius 2 is 1.90 bits per heavy atom. The molecule has 0 radical (unpaired) electrons. The summed E-state index contributed by atoms with van der Waals surface area (Å²) in [5.74, 6) is -1.02. The van der Waals surface area contributed by atoms with E-state index in [1.54, 1.807) is 19.0 Å². The Labute approximate surface area is 124 Å². The minimum absolute atomic E-state index is 0.0314. The van der Waals surface area contributed by atoms with Gasteiger partial charge in [0.1, 0.15) is 6.61 Å². The minimum atomic E-state index is -0.985. The lowest BCUT2D eigenvalue weighted by Crippen LogP contribution is -2.46. The fourth-order valence-electron chi connectivity index (χ4n) is 2.03. The van der Waals surface area contributed by atoms with Crippen molar-refractivity contribution in [2.75, 3.05) is 40.3 Å². The molecule has 1 aliphatic rings. The number of urea groups is 1. The summed E-state index contributed by atoms with van der Waals surface area (Å²) < 4.78 is 5.20. The van der Waals surface area contributed by atoms with Gasteiger partial charge in [-0.25, -0.2) is 9.59 Å². The summed E-state index contributed by atoms with van der Waals surface area (Å²) in [7, 11) is 3.35. The van der Waals surface area contributed by atoms with Crippen molar-refractivity contribution in [3.8, 4) is 0 Å².